The van der Waals surface area contributed by atoms with Gasteiger partial charge in [0.15, 0.2) is 0 Å². The Labute approximate surface area is 195 Å². The van der Waals surface area contributed by atoms with Crippen molar-refractivity contribution in [1.29, 1.82) is 0 Å². The van der Waals surface area contributed by atoms with Gasteiger partial charge in [0.1, 0.15) is 6.04 Å². The number of nitrogens with zero attached hydrogens (tertiary/aromatic N) is 1. The van der Waals surface area contributed by atoms with Crippen LogP contribution in [-0.4, -0.2) is 28.8 Å². The van der Waals surface area contributed by atoms with Gasteiger partial charge >= 0.3 is 0 Å². The van der Waals surface area contributed by atoms with E-state index in [1.807, 2.05) is 38.1 Å². The molecule has 0 aliphatic carbocycles. The maximum atomic E-state index is 13.2. The topological polar surface area (TPSA) is 49.4 Å². The van der Waals surface area contributed by atoms with Crippen LogP contribution in [0, 0.1) is 0 Å². The van der Waals surface area contributed by atoms with Gasteiger partial charge in [-0.15, -0.1) is 0 Å². The molecule has 1 atom stereocenters. The molecule has 2 aromatic carbocycles. The average molecular weight is 487 g/mol. The molecule has 168 valence electrons. The highest BCUT2D eigenvalue weighted by atomic mass is 79.9. The van der Waals surface area contributed by atoms with Crippen LogP contribution in [0.15, 0.2) is 53.0 Å². The van der Waals surface area contributed by atoms with Crippen molar-refractivity contribution in [3.05, 3.63) is 69.7 Å². The quantitative estimate of drug-likeness (QED) is 0.526. The normalized spacial score (nSPS) is 12.5. The third-order valence-corrected chi connectivity index (χ3v) is 5.84. The number of rotatable bonds is 8. The lowest BCUT2D eigenvalue weighted by Gasteiger charge is -2.29. The molecule has 2 rings (SSSR count). The van der Waals surface area contributed by atoms with E-state index in [4.69, 9.17) is 0 Å². The van der Waals surface area contributed by atoms with Crippen molar-refractivity contribution in [2.75, 3.05) is 0 Å². The summed E-state index contributed by atoms with van der Waals surface area (Å²) in [5.74, 6) is -0.149. The molecule has 1 N–H and O–H groups in total. The van der Waals surface area contributed by atoms with Gasteiger partial charge in [-0.3, -0.25) is 9.59 Å². The molecule has 0 aromatic heterocycles. The minimum Gasteiger partial charge on any atom is -0.352 e. The maximum Gasteiger partial charge on any atom is 0.242 e. The van der Waals surface area contributed by atoms with Crippen LogP contribution in [0.1, 0.15) is 64.7 Å². The number of carbonyl (C=O) groups excluding carboxylic acids is 2. The van der Waals surface area contributed by atoms with E-state index in [-0.39, 0.29) is 23.3 Å². The maximum absolute atomic E-state index is 13.2. The van der Waals surface area contributed by atoms with Crippen molar-refractivity contribution in [1.82, 2.24) is 10.2 Å². The van der Waals surface area contributed by atoms with Gasteiger partial charge in [0.25, 0.3) is 0 Å². The van der Waals surface area contributed by atoms with Crippen LogP contribution in [-0.2, 0) is 28.0 Å². The molecule has 4 nitrogen and oxygen atoms in total. The minimum atomic E-state index is -0.540. The van der Waals surface area contributed by atoms with Crippen molar-refractivity contribution in [2.24, 2.45) is 0 Å². The Kier molecular flexibility index (Phi) is 8.87. The molecule has 0 saturated carbocycles. The van der Waals surface area contributed by atoms with E-state index in [0.29, 0.717) is 19.4 Å². The summed E-state index contributed by atoms with van der Waals surface area (Å²) in [5.41, 5.74) is 3.51. The summed E-state index contributed by atoms with van der Waals surface area (Å²) < 4.78 is 0.985. The van der Waals surface area contributed by atoms with E-state index < -0.39 is 6.04 Å². The Morgan fingerprint density at radius 3 is 2.00 bits per heavy atom. The predicted octanol–water partition coefficient (Wildman–Crippen LogP) is 5.62. The lowest BCUT2D eigenvalue weighted by molar-refractivity contribution is -0.140. The van der Waals surface area contributed by atoms with E-state index in [9.17, 15) is 9.59 Å². The number of benzene rings is 2. The summed E-state index contributed by atoms with van der Waals surface area (Å²) in [6, 6.07) is 15.8. The first-order valence-electron chi connectivity index (χ1n) is 10.9. The highest BCUT2D eigenvalue weighted by molar-refractivity contribution is 9.10. The largest absolute Gasteiger partial charge is 0.352 e. The number of hydrogen-bond donors (Lipinski definition) is 1. The molecular formula is C26H35BrN2O2. The standard InChI is InChI=1S/C26H35BrN2O2/c1-18(2)28-25(31)19(3)29(17-21-9-14-23(27)15-10-21)24(30)16-11-20-7-12-22(13-8-20)26(4,5)6/h7-10,12-15,18-19H,11,16-17H2,1-6H3,(H,28,31)/t19-/m1/s1. The summed E-state index contributed by atoms with van der Waals surface area (Å²) in [7, 11) is 0. The molecule has 0 radical (unpaired) electrons. The molecule has 2 amide bonds. The van der Waals surface area contributed by atoms with Gasteiger partial charge < -0.3 is 10.2 Å². The van der Waals surface area contributed by atoms with Gasteiger partial charge in [-0.2, -0.15) is 0 Å². The summed E-state index contributed by atoms with van der Waals surface area (Å²) >= 11 is 3.44. The molecule has 0 heterocycles. The van der Waals surface area contributed by atoms with Gasteiger partial charge in [-0.25, -0.2) is 0 Å². The summed E-state index contributed by atoms with van der Waals surface area (Å²) in [4.78, 5) is 27.5. The predicted molar refractivity (Wildman–Crippen MR) is 131 cm³/mol. The Hall–Kier alpha value is -2.14. The number of halogens is 1. The molecule has 0 saturated heterocycles. The average Bonchev–Trinajstić information content (AvgIpc) is 2.70. The lowest BCUT2D eigenvalue weighted by Crippen LogP contribution is -2.49. The highest BCUT2D eigenvalue weighted by Gasteiger charge is 2.26. The van der Waals surface area contributed by atoms with Gasteiger partial charge in [0, 0.05) is 23.5 Å². The first-order valence-corrected chi connectivity index (χ1v) is 11.7. The zero-order chi connectivity index (χ0) is 23.2. The second-order valence-electron chi connectivity index (χ2n) is 9.43. The zero-order valence-electron chi connectivity index (χ0n) is 19.5. The van der Waals surface area contributed by atoms with E-state index in [0.717, 1.165) is 15.6 Å². The van der Waals surface area contributed by atoms with Crippen LogP contribution in [0.4, 0.5) is 0 Å². The van der Waals surface area contributed by atoms with Gasteiger partial charge in [-0.1, -0.05) is 73.1 Å². The number of amides is 2. The first kappa shape index (κ1) is 25.1. The molecule has 31 heavy (non-hydrogen) atoms. The molecule has 0 spiro atoms. The summed E-state index contributed by atoms with van der Waals surface area (Å²) in [5, 5.41) is 2.93. The molecule has 0 aliphatic rings. The Bertz CT molecular complexity index is 868. The van der Waals surface area contributed by atoms with Crippen molar-refractivity contribution in [2.45, 2.75) is 78.4 Å². The molecule has 0 fully saturated rings. The smallest absolute Gasteiger partial charge is 0.242 e. The molecule has 0 unspecified atom stereocenters. The van der Waals surface area contributed by atoms with Crippen molar-refractivity contribution >= 4 is 27.7 Å². The van der Waals surface area contributed by atoms with Crippen molar-refractivity contribution in [3.8, 4) is 0 Å². The fraction of sp³-hybridized carbons (Fsp3) is 0.462. The SMILES string of the molecule is CC(C)NC(=O)[C@@H](C)N(Cc1ccc(Br)cc1)C(=O)CCc1ccc(C(C)(C)C)cc1. The van der Waals surface area contributed by atoms with Crippen LogP contribution in [0.25, 0.3) is 0 Å². The second kappa shape index (κ2) is 10.9. The van der Waals surface area contributed by atoms with Gasteiger partial charge in [0.05, 0.1) is 0 Å². The third kappa shape index (κ3) is 7.80. The Morgan fingerprint density at radius 1 is 0.935 bits per heavy atom. The van der Waals surface area contributed by atoms with E-state index in [2.05, 4.69) is 66.3 Å². The first-order chi connectivity index (χ1) is 14.5. The molecule has 5 heteroatoms. The minimum absolute atomic E-state index is 0.0192. The lowest BCUT2D eigenvalue weighted by atomic mass is 9.86. The third-order valence-electron chi connectivity index (χ3n) is 5.31. The summed E-state index contributed by atoms with van der Waals surface area (Å²) in [6.45, 7) is 12.6. The zero-order valence-corrected chi connectivity index (χ0v) is 21.1. The van der Waals surface area contributed by atoms with Crippen LogP contribution >= 0.6 is 15.9 Å². The Balaban J connectivity index is 2.12. The number of carbonyl (C=O) groups is 2. The summed E-state index contributed by atoms with van der Waals surface area (Å²) in [6.07, 6.45) is 1.02. The monoisotopic (exact) mass is 486 g/mol. The molecule has 0 bridgehead atoms. The number of hydrogen-bond acceptors (Lipinski definition) is 2. The fourth-order valence-corrected chi connectivity index (χ4v) is 3.60. The molecule has 2 aromatic rings. The van der Waals surface area contributed by atoms with Gasteiger partial charge in [-0.05, 0) is 61.4 Å². The molecular weight excluding hydrogens is 452 g/mol. The molecule has 0 aliphatic heterocycles. The van der Waals surface area contributed by atoms with Crippen LogP contribution in [0.2, 0.25) is 0 Å². The number of aryl methyl sites for hydroxylation is 1. The fourth-order valence-electron chi connectivity index (χ4n) is 3.34. The van der Waals surface area contributed by atoms with E-state index in [1.165, 1.54) is 5.56 Å². The van der Waals surface area contributed by atoms with E-state index in [1.54, 1.807) is 11.8 Å². The van der Waals surface area contributed by atoms with Crippen molar-refractivity contribution in [3.63, 3.8) is 0 Å². The number of nitrogens with one attached hydrogen (secondary N) is 1. The van der Waals surface area contributed by atoms with Gasteiger partial charge in [0.2, 0.25) is 11.8 Å². The second-order valence-corrected chi connectivity index (χ2v) is 10.3. The van der Waals surface area contributed by atoms with E-state index >= 15 is 0 Å². The van der Waals surface area contributed by atoms with Crippen LogP contribution in [0.3, 0.4) is 0 Å². The van der Waals surface area contributed by atoms with Crippen molar-refractivity contribution < 1.29 is 9.59 Å². The van der Waals surface area contributed by atoms with Crippen LogP contribution in [0.5, 0.6) is 0 Å². The highest BCUT2D eigenvalue weighted by Crippen LogP contribution is 2.23. The van der Waals surface area contributed by atoms with Crippen LogP contribution < -0.4 is 5.32 Å². The Morgan fingerprint density at radius 2 is 1.48 bits per heavy atom.